The summed E-state index contributed by atoms with van der Waals surface area (Å²) < 4.78 is 0. The minimum atomic E-state index is -1.03. The first-order valence-electron chi connectivity index (χ1n) is 10.1. The van der Waals surface area contributed by atoms with E-state index in [1.165, 1.54) is 48.9 Å². The Bertz CT molecular complexity index is 879. The molecular weight excluding hydrogens is 340 g/mol. The van der Waals surface area contributed by atoms with Gasteiger partial charge in [0.1, 0.15) is 0 Å². The largest absolute Gasteiger partial charge is 0.155 e. The number of rotatable bonds is 5. The lowest BCUT2D eigenvalue weighted by Gasteiger charge is -2.23. The van der Waals surface area contributed by atoms with Gasteiger partial charge in [0.15, 0.2) is 8.80 Å². The van der Waals surface area contributed by atoms with Gasteiger partial charge in [-0.15, -0.1) is 0 Å². The second kappa shape index (κ2) is 8.27. The van der Waals surface area contributed by atoms with Gasteiger partial charge in [0.2, 0.25) is 0 Å². The molecule has 0 atom stereocenters. The molecule has 0 saturated heterocycles. The number of benzene rings is 3. The number of aryl methyl sites for hydroxylation is 6. The zero-order chi connectivity index (χ0) is 19.6. The SMILES string of the molecule is CCc1cc(CC)cc([Si](c2ccc(C)cc2C)c2ccc(C)cc2C)c1. The van der Waals surface area contributed by atoms with E-state index < -0.39 is 8.80 Å². The fourth-order valence-corrected chi connectivity index (χ4v) is 6.96. The van der Waals surface area contributed by atoms with E-state index in [1.807, 2.05) is 0 Å². The molecule has 139 valence electrons. The van der Waals surface area contributed by atoms with E-state index in [-0.39, 0.29) is 0 Å². The van der Waals surface area contributed by atoms with Crippen LogP contribution in [0.3, 0.4) is 0 Å². The van der Waals surface area contributed by atoms with Crippen molar-refractivity contribution in [3.63, 3.8) is 0 Å². The van der Waals surface area contributed by atoms with Crippen molar-refractivity contribution < 1.29 is 0 Å². The van der Waals surface area contributed by atoms with E-state index in [9.17, 15) is 0 Å². The van der Waals surface area contributed by atoms with Crippen LogP contribution >= 0.6 is 0 Å². The number of hydrogen-bond acceptors (Lipinski definition) is 0. The third-order valence-electron chi connectivity index (χ3n) is 5.46. The van der Waals surface area contributed by atoms with Crippen LogP contribution in [0.15, 0.2) is 54.6 Å². The van der Waals surface area contributed by atoms with Crippen LogP contribution in [0.25, 0.3) is 0 Å². The van der Waals surface area contributed by atoms with Gasteiger partial charge < -0.3 is 0 Å². The van der Waals surface area contributed by atoms with E-state index in [1.54, 1.807) is 0 Å². The van der Waals surface area contributed by atoms with Crippen molar-refractivity contribution in [1.29, 1.82) is 0 Å². The molecule has 0 unspecified atom stereocenters. The molecule has 3 aromatic carbocycles. The third-order valence-corrected chi connectivity index (χ3v) is 8.53. The van der Waals surface area contributed by atoms with Gasteiger partial charge in [-0.3, -0.25) is 0 Å². The third kappa shape index (κ3) is 4.25. The first-order chi connectivity index (χ1) is 12.9. The van der Waals surface area contributed by atoms with Gasteiger partial charge in [0.25, 0.3) is 0 Å². The zero-order valence-corrected chi connectivity index (χ0v) is 18.6. The van der Waals surface area contributed by atoms with Gasteiger partial charge in [-0.05, 0) is 62.0 Å². The molecular formula is C26H31Si. The summed E-state index contributed by atoms with van der Waals surface area (Å²) in [4.78, 5) is 0. The molecule has 0 spiro atoms. The molecule has 0 aromatic heterocycles. The first-order valence-corrected chi connectivity index (χ1v) is 11.6. The van der Waals surface area contributed by atoms with E-state index in [0.717, 1.165) is 12.8 Å². The van der Waals surface area contributed by atoms with Gasteiger partial charge in [-0.1, -0.05) is 95.9 Å². The molecule has 0 heterocycles. The molecule has 0 N–H and O–H groups in total. The molecule has 3 rings (SSSR count). The van der Waals surface area contributed by atoms with Gasteiger partial charge in [0.05, 0.1) is 0 Å². The average Bonchev–Trinajstić information content (AvgIpc) is 2.64. The van der Waals surface area contributed by atoms with Gasteiger partial charge >= 0.3 is 0 Å². The first kappa shape index (κ1) is 19.6. The molecule has 0 fully saturated rings. The van der Waals surface area contributed by atoms with Crippen molar-refractivity contribution in [2.45, 2.75) is 54.4 Å². The second-order valence-electron chi connectivity index (χ2n) is 7.76. The zero-order valence-electron chi connectivity index (χ0n) is 17.6. The molecule has 0 aliphatic heterocycles. The van der Waals surface area contributed by atoms with Gasteiger partial charge in [-0.25, -0.2) is 0 Å². The molecule has 0 bridgehead atoms. The Balaban J connectivity index is 2.28. The lowest BCUT2D eigenvalue weighted by Crippen LogP contribution is -2.54. The molecule has 0 aliphatic rings. The van der Waals surface area contributed by atoms with Crippen molar-refractivity contribution in [3.8, 4) is 0 Å². The van der Waals surface area contributed by atoms with Gasteiger partial charge in [0, 0.05) is 0 Å². The average molecular weight is 372 g/mol. The molecule has 1 radical (unpaired) electrons. The van der Waals surface area contributed by atoms with Crippen LogP contribution in [0.5, 0.6) is 0 Å². The standard InChI is InChI=1S/C26H31Si/c1-7-22-15-23(8-2)17-24(16-22)27(25-11-9-18(3)13-20(25)5)26-12-10-19(4)14-21(26)6/h9-17H,7-8H2,1-6H3. The Hall–Kier alpha value is -2.12. The smallest absolute Gasteiger partial charge is 0.0619 e. The lowest BCUT2D eigenvalue weighted by molar-refractivity contribution is 1.09. The maximum atomic E-state index is 2.46. The fourth-order valence-electron chi connectivity index (χ4n) is 3.96. The highest BCUT2D eigenvalue weighted by molar-refractivity contribution is 6.96. The van der Waals surface area contributed by atoms with E-state index in [4.69, 9.17) is 0 Å². The van der Waals surface area contributed by atoms with Crippen molar-refractivity contribution in [2.24, 2.45) is 0 Å². The van der Waals surface area contributed by atoms with Crippen LogP contribution in [0.4, 0.5) is 0 Å². The number of hydrogen-bond donors (Lipinski definition) is 0. The molecule has 0 amide bonds. The van der Waals surface area contributed by atoms with Gasteiger partial charge in [-0.2, -0.15) is 0 Å². The second-order valence-corrected chi connectivity index (χ2v) is 10.2. The van der Waals surface area contributed by atoms with Crippen molar-refractivity contribution in [1.82, 2.24) is 0 Å². The van der Waals surface area contributed by atoms with Crippen LogP contribution in [0, 0.1) is 27.7 Å². The predicted octanol–water partition coefficient (Wildman–Crippen LogP) is 4.56. The summed E-state index contributed by atoms with van der Waals surface area (Å²) in [5.74, 6) is 0. The fraction of sp³-hybridized carbons (Fsp3) is 0.308. The van der Waals surface area contributed by atoms with Crippen molar-refractivity contribution >= 4 is 24.4 Å². The minimum absolute atomic E-state index is 1.03. The van der Waals surface area contributed by atoms with E-state index in [0.29, 0.717) is 0 Å². The summed E-state index contributed by atoms with van der Waals surface area (Å²) in [5, 5.41) is 4.57. The van der Waals surface area contributed by atoms with Crippen LogP contribution in [-0.2, 0) is 12.8 Å². The minimum Gasteiger partial charge on any atom is -0.0619 e. The molecule has 0 aliphatic carbocycles. The summed E-state index contributed by atoms with van der Waals surface area (Å²) >= 11 is 0. The summed E-state index contributed by atoms with van der Waals surface area (Å²) in [6, 6.07) is 21.3. The summed E-state index contributed by atoms with van der Waals surface area (Å²) in [7, 11) is -1.03. The summed E-state index contributed by atoms with van der Waals surface area (Å²) in [6.45, 7) is 13.5. The van der Waals surface area contributed by atoms with Crippen LogP contribution in [0.2, 0.25) is 0 Å². The normalized spacial score (nSPS) is 11.2. The Morgan fingerprint density at radius 3 is 1.41 bits per heavy atom. The van der Waals surface area contributed by atoms with Crippen molar-refractivity contribution in [2.75, 3.05) is 0 Å². The molecule has 0 saturated carbocycles. The maximum Gasteiger partial charge on any atom is 0.155 e. The molecule has 3 aromatic rings. The molecule has 1 heteroatoms. The highest BCUT2D eigenvalue weighted by Gasteiger charge is 2.24. The molecule has 0 nitrogen and oxygen atoms in total. The highest BCUT2D eigenvalue weighted by atomic mass is 28.3. The summed E-state index contributed by atoms with van der Waals surface area (Å²) in [6.07, 6.45) is 2.19. The predicted molar refractivity (Wildman–Crippen MR) is 122 cm³/mol. The van der Waals surface area contributed by atoms with Crippen LogP contribution < -0.4 is 15.6 Å². The van der Waals surface area contributed by atoms with E-state index in [2.05, 4.69) is 96.1 Å². The Kier molecular flexibility index (Phi) is 6.01. The Labute approximate surface area is 166 Å². The van der Waals surface area contributed by atoms with Crippen LogP contribution in [-0.4, -0.2) is 8.80 Å². The van der Waals surface area contributed by atoms with E-state index >= 15 is 0 Å². The monoisotopic (exact) mass is 371 g/mol. The highest BCUT2D eigenvalue weighted by Crippen LogP contribution is 2.11. The lowest BCUT2D eigenvalue weighted by atomic mass is 10.1. The van der Waals surface area contributed by atoms with Crippen LogP contribution in [0.1, 0.15) is 47.2 Å². The Morgan fingerprint density at radius 2 is 1.04 bits per heavy atom. The molecule has 27 heavy (non-hydrogen) atoms. The maximum absolute atomic E-state index is 2.46. The summed E-state index contributed by atoms with van der Waals surface area (Å²) in [5.41, 5.74) is 8.44. The van der Waals surface area contributed by atoms with Crippen molar-refractivity contribution in [3.05, 3.63) is 88.0 Å². The quantitative estimate of drug-likeness (QED) is 0.455. The topological polar surface area (TPSA) is 0 Å². The Morgan fingerprint density at radius 1 is 0.593 bits per heavy atom.